The minimum Gasteiger partial charge on any atom is -0.474 e. The highest BCUT2D eigenvalue weighted by Crippen LogP contribution is 2.40. The summed E-state index contributed by atoms with van der Waals surface area (Å²) in [6.45, 7) is 0. The molecule has 1 fully saturated rings. The highest BCUT2D eigenvalue weighted by Gasteiger charge is 2.25. The van der Waals surface area contributed by atoms with Gasteiger partial charge in [-0.1, -0.05) is 0 Å². The summed E-state index contributed by atoms with van der Waals surface area (Å²) in [4.78, 5) is 11.4. The van der Waals surface area contributed by atoms with Crippen LogP contribution in [0.15, 0.2) is 6.33 Å². The predicted octanol–water partition coefficient (Wildman–Crippen LogP) is 2.83. The second kappa shape index (κ2) is 4.97. The number of thiophene rings is 1. The van der Waals surface area contributed by atoms with E-state index in [1.165, 1.54) is 28.7 Å². The summed E-state index contributed by atoms with van der Waals surface area (Å²) in [6, 6.07) is 0.352. The van der Waals surface area contributed by atoms with E-state index in [2.05, 4.69) is 9.97 Å². The van der Waals surface area contributed by atoms with E-state index in [0.717, 1.165) is 42.8 Å². The van der Waals surface area contributed by atoms with E-state index in [0.29, 0.717) is 6.04 Å². The molecule has 0 bridgehead atoms. The van der Waals surface area contributed by atoms with E-state index in [-0.39, 0.29) is 6.10 Å². The van der Waals surface area contributed by atoms with Crippen LogP contribution in [-0.2, 0) is 12.8 Å². The Balaban J connectivity index is 1.66. The topological polar surface area (TPSA) is 61.0 Å². The second-order valence-corrected chi connectivity index (χ2v) is 6.95. The minimum atomic E-state index is 0.268. The molecule has 2 aromatic heterocycles. The van der Waals surface area contributed by atoms with Crippen LogP contribution in [-0.4, -0.2) is 22.1 Å². The van der Waals surface area contributed by atoms with Gasteiger partial charge in [0.2, 0.25) is 5.88 Å². The van der Waals surface area contributed by atoms with Gasteiger partial charge in [0, 0.05) is 10.9 Å². The summed E-state index contributed by atoms with van der Waals surface area (Å²) in [5.74, 6) is 0.801. The first kappa shape index (κ1) is 12.5. The van der Waals surface area contributed by atoms with Gasteiger partial charge in [-0.2, -0.15) is 0 Å². The maximum atomic E-state index is 6.20. The zero-order valence-corrected chi connectivity index (χ0v) is 12.3. The molecule has 4 nitrogen and oxygen atoms in total. The van der Waals surface area contributed by atoms with Gasteiger partial charge in [0.15, 0.2) is 0 Å². The minimum absolute atomic E-state index is 0.268. The Labute approximate surface area is 122 Å². The van der Waals surface area contributed by atoms with Crippen molar-refractivity contribution in [2.75, 3.05) is 0 Å². The van der Waals surface area contributed by atoms with Gasteiger partial charge in [-0.3, -0.25) is 0 Å². The summed E-state index contributed by atoms with van der Waals surface area (Å²) in [7, 11) is 0. The summed E-state index contributed by atoms with van der Waals surface area (Å²) >= 11 is 1.81. The molecule has 106 valence electrons. The lowest BCUT2D eigenvalue weighted by Crippen LogP contribution is -2.31. The van der Waals surface area contributed by atoms with Crippen LogP contribution in [0.5, 0.6) is 5.88 Å². The van der Waals surface area contributed by atoms with Crippen molar-refractivity contribution in [1.82, 2.24) is 9.97 Å². The molecule has 20 heavy (non-hydrogen) atoms. The summed E-state index contributed by atoms with van der Waals surface area (Å²) < 4.78 is 6.20. The molecule has 0 unspecified atom stereocenters. The van der Waals surface area contributed by atoms with E-state index >= 15 is 0 Å². The van der Waals surface area contributed by atoms with E-state index in [4.69, 9.17) is 10.5 Å². The van der Waals surface area contributed by atoms with Gasteiger partial charge in [-0.05, 0) is 50.5 Å². The first-order chi connectivity index (χ1) is 9.81. The first-order valence-corrected chi connectivity index (χ1v) is 8.30. The van der Waals surface area contributed by atoms with Gasteiger partial charge in [-0.25, -0.2) is 9.97 Å². The zero-order chi connectivity index (χ0) is 13.5. The molecule has 0 atom stereocenters. The van der Waals surface area contributed by atoms with Gasteiger partial charge >= 0.3 is 0 Å². The van der Waals surface area contributed by atoms with Gasteiger partial charge in [0.25, 0.3) is 0 Å². The smallest absolute Gasteiger partial charge is 0.225 e. The van der Waals surface area contributed by atoms with Crippen LogP contribution in [0.25, 0.3) is 10.2 Å². The molecular weight excluding hydrogens is 270 g/mol. The molecule has 0 radical (unpaired) electrons. The lowest BCUT2D eigenvalue weighted by molar-refractivity contribution is 0.143. The number of fused-ring (bicyclic) bond motifs is 3. The van der Waals surface area contributed by atoms with Gasteiger partial charge < -0.3 is 10.5 Å². The Hall–Kier alpha value is -1.20. The molecule has 2 heterocycles. The SMILES string of the molecule is NC1CCC(Oc2ncnc3sc4c(c23)CCC4)CC1. The highest BCUT2D eigenvalue weighted by molar-refractivity contribution is 7.18. The van der Waals surface area contributed by atoms with Crippen molar-refractivity contribution in [2.24, 2.45) is 5.73 Å². The van der Waals surface area contributed by atoms with Crippen LogP contribution in [0.2, 0.25) is 0 Å². The average Bonchev–Trinajstić information content (AvgIpc) is 3.02. The summed E-state index contributed by atoms with van der Waals surface area (Å²) in [6.07, 6.45) is 9.69. The molecule has 2 aromatic rings. The van der Waals surface area contributed by atoms with Crippen LogP contribution in [0.3, 0.4) is 0 Å². The maximum Gasteiger partial charge on any atom is 0.225 e. The molecule has 2 aliphatic carbocycles. The van der Waals surface area contributed by atoms with Gasteiger partial charge in [0.05, 0.1) is 5.39 Å². The van der Waals surface area contributed by atoms with Crippen LogP contribution in [0.1, 0.15) is 42.5 Å². The van der Waals surface area contributed by atoms with Crippen LogP contribution in [0, 0.1) is 0 Å². The Bertz CT molecular complexity index is 631. The molecule has 1 saturated carbocycles. The Morgan fingerprint density at radius 3 is 2.85 bits per heavy atom. The number of aromatic nitrogens is 2. The monoisotopic (exact) mass is 289 g/mol. The standard InChI is InChI=1S/C15H19N3OS/c16-9-4-6-10(7-5-9)19-14-13-11-2-1-3-12(11)20-15(13)18-8-17-14/h8-10H,1-7,16H2. The number of rotatable bonds is 2. The van der Waals surface area contributed by atoms with Crippen LogP contribution >= 0.6 is 11.3 Å². The number of ether oxygens (including phenoxy) is 1. The van der Waals surface area contributed by atoms with Crippen LogP contribution < -0.4 is 10.5 Å². The number of aryl methyl sites for hydroxylation is 2. The number of hydrogen-bond acceptors (Lipinski definition) is 5. The largest absolute Gasteiger partial charge is 0.474 e. The highest BCUT2D eigenvalue weighted by atomic mass is 32.1. The van der Waals surface area contributed by atoms with E-state index < -0.39 is 0 Å². The molecule has 2 aliphatic rings. The van der Waals surface area contributed by atoms with Crippen molar-refractivity contribution in [2.45, 2.75) is 57.1 Å². The molecule has 5 heteroatoms. The van der Waals surface area contributed by atoms with Crippen LogP contribution in [0.4, 0.5) is 0 Å². The number of nitrogens with two attached hydrogens (primary N) is 1. The molecule has 0 amide bonds. The fourth-order valence-electron chi connectivity index (χ4n) is 3.35. The number of nitrogens with zero attached hydrogens (tertiary/aromatic N) is 2. The van der Waals surface area contributed by atoms with Crippen molar-refractivity contribution in [3.63, 3.8) is 0 Å². The first-order valence-electron chi connectivity index (χ1n) is 7.49. The molecule has 0 aliphatic heterocycles. The molecule has 2 N–H and O–H groups in total. The third-order valence-electron chi connectivity index (χ3n) is 4.46. The van der Waals surface area contributed by atoms with E-state index in [9.17, 15) is 0 Å². The lowest BCUT2D eigenvalue weighted by atomic mass is 9.94. The maximum absolute atomic E-state index is 6.20. The molecule has 4 rings (SSSR count). The molecule has 0 aromatic carbocycles. The van der Waals surface area contributed by atoms with E-state index in [1.54, 1.807) is 6.33 Å². The second-order valence-electron chi connectivity index (χ2n) is 5.87. The van der Waals surface area contributed by atoms with Gasteiger partial charge in [0.1, 0.15) is 17.3 Å². The third kappa shape index (κ3) is 2.09. The van der Waals surface area contributed by atoms with Crippen molar-refractivity contribution >= 4 is 21.6 Å². The van der Waals surface area contributed by atoms with Crippen molar-refractivity contribution in [3.05, 3.63) is 16.8 Å². The van der Waals surface area contributed by atoms with E-state index in [1.807, 2.05) is 11.3 Å². The van der Waals surface area contributed by atoms with Crippen molar-refractivity contribution in [3.8, 4) is 5.88 Å². The fraction of sp³-hybridized carbons (Fsp3) is 0.600. The van der Waals surface area contributed by atoms with Gasteiger partial charge in [-0.15, -0.1) is 11.3 Å². The average molecular weight is 289 g/mol. The summed E-state index contributed by atoms with van der Waals surface area (Å²) in [5.41, 5.74) is 7.40. The zero-order valence-electron chi connectivity index (χ0n) is 11.5. The Kier molecular flexibility index (Phi) is 3.11. The third-order valence-corrected chi connectivity index (χ3v) is 5.66. The Morgan fingerprint density at radius 2 is 2.00 bits per heavy atom. The normalized spacial score (nSPS) is 25.9. The Morgan fingerprint density at radius 1 is 1.15 bits per heavy atom. The molecule has 0 saturated heterocycles. The predicted molar refractivity (Wildman–Crippen MR) is 80.3 cm³/mol. The molecule has 0 spiro atoms. The quantitative estimate of drug-likeness (QED) is 0.923. The van der Waals surface area contributed by atoms with Crippen molar-refractivity contribution < 1.29 is 4.74 Å². The summed E-state index contributed by atoms with van der Waals surface area (Å²) in [5, 5.41) is 1.18. The van der Waals surface area contributed by atoms with Crippen molar-refractivity contribution in [1.29, 1.82) is 0 Å². The fourth-order valence-corrected chi connectivity index (χ4v) is 4.57. The molecular formula is C15H19N3OS. The number of hydrogen-bond donors (Lipinski definition) is 1. The lowest BCUT2D eigenvalue weighted by Gasteiger charge is -2.26.